The summed E-state index contributed by atoms with van der Waals surface area (Å²) in [5.41, 5.74) is 5.08. The lowest BCUT2D eigenvalue weighted by Crippen LogP contribution is -1.95. The molecule has 0 radical (unpaired) electrons. The summed E-state index contributed by atoms with van der Waals surface area (Å²) in [5, 5.41) is 21.0. The van der Waals surface area contributed by atoms with Crippen molar-refractivity contribution in [3.05, 3.63) is 42.5 Å². The van der Waals surface area contributed by atoms with Crippen molar-refractivity contribution < 1.29 is 9.15 Å². The lowest BCUT2D eigenvalue weighted by molar-refractivity contribution is 0.415. The van der Waals surface area contributed by atoms with Crippen molar-refractivity contribution in [2.45, 2.75) is 0 Å². The summed E-state index contributed by atoms with van der Waals surface area (Å²) in [6.07, 6.45) is 0. The molecule has 2 aromatic carbocycles. The predicted octanol–water partition coefficient (Wildman–Crippen LogP) is 3.32. The Morgan fingerprint density at radius 2 is 1.92 bits per heavy atom. The van der Waals surface area contributed by atoms with Crippen molar-refractivity contribution in [3.63, 3.8) is 0 Å². The number of fused-ring (bicyclic) bond motifs is 1. The van der Waals surface area contributed by atoms with Crippen molar-refractivity contribution in [3.8, 4) is 29.3 Å². The number of anilines is 1. The molecule has 3 aromatic rings. The summed E-state index contributed by atoms with van der Waals surface area (Å²) in [7, 11) is 1.61. The van der Waals surface area contributed by atoms with E-state index in [4.69, 9.17) is 19.7 Å². The summed E-state index contributed by atoms with van der Waals surface area (Å²) in [6, 6.07) is 15.9. The standard InChI is InChI=1S/C17H11N5O2/c1-23-14-5-2-11(3-6-14)17-20-15-8-12(4-7-16(15)24-17)21-22-13(9-18)10-19/h2-8,21H,1H3. The summed E-state index contributed by atoms with van der Waals surface area (Å²) >= 11 is 0. The van der Waals surface area contributed by atoms with E-state index < -0.39 is 0 Å². The van der Waals surface area contributed by atoms with Gasteiger partial charge in [0.2, 0.25) is 11.6 Å². The number of hydrogen-bond donors (Lipinski definition) is 1. The normalized spacial score (nSPS) is 9.79. The lowest BCUT2D eigenvalue weighted by atomic mass is 10.2. The molecule has 116 valence electrons. The zero-order valence-electron chi connectivity index (χ0n) is 12.6. The molecule has 24 heavy (non-hydrogen) atoms. The Hall–Kier alpha value is -3.84. The predicted molar refractivity (Wildman–Crippen MR) is 88.3 cm³/mol. The van der Waals surface area contributed by atoms with Crippen LogP contribution in [0, 0.1) is 22.7 Å². The number of benzene rings is 2. The number of nitrogens with one attached hydrogen (secondary N) is 1. The van der Waals surface area contributed by atoms with Gasteiger partial charge < -0.3 is 9.15 Å². The van der Waals surface area contributed by atoms with Gasteiger partial charge >= 0.3 is 0 Å². The number of oxazole rings is 1. The third kappa shape index (κ3) is 3.01. The average molecular weight is 317 g/mol. The zero-order chi connectivity index (χ0) is 16.9. The highest BCUT2D eigenvalue weighted by Gasteiger charge is 2.09. The first-order valence-corrected chi connectivity index (χ1v) is 6.92. The second kappa shape index (κ2) is 6.51. The molecular formula is C17H11N5O2. The summed E-state index contributed by atoms with van der Waals surface area (Å²) in [4.78, 5) is 4.44. The largest absolute Gasteiger partial charge is 0.497 e. The number of methoxy groups -OCH3 is 1. The van der Waals surface area contributed by atoms with Gasteiger partial charge in [-0.25, -0.2) is 4.98 Å². The van der Waals surface area contributed by atoms with Crippen molar-refractivity contribution in [1.82, 2.24) is 4.98 Å². The summed E-state index contributed by atoms with van der Waals surface area (Å²) in [5.74, 6) is 1.24. The highest BCUT2D eigenvalue weighted by atomic mass is 16.5. The quantitative estimate of drug-likeness (QED) is 0.584. The molecule has 0 aliphatic carbocycles. The van der Waals surface area contributed by atoms with E-state index in [2.05, 4.69) is 15.5 Å². The average Bonchev–Trinajstić information content (AvgIpc) is 3.06. The Morgan fingerprint density at radius 1 is 1.17 bits per heavy atom. The van der Waals surface area contributed by atoms with E-state index in [0.717, 1.165) is 11.3 Å². The molecule has 0 aliphatic rings. The van der Waals surface area contributed by atoms with Crippen molar-refractivity contribution in [2.24, 2.45) is 5.10 Å². The van der Waals surface area contributed by atoms with Gasteiger partial charge in [0.15, 0.2) is 5.58 Å². The molecule has 0 spiro atoms. The topological polar surface area (TPSA) is 107 Å². The third-order valence-corrected chi connectivity index (χ3v) is 3.23. The number of aromatic nitrogens is 1. The van der Waals surface area contributed by atoms with E-state index in [1.54, 1.807) is 37.4 Å². The Labute approximate surface area is 137 Å². The van der Waals surface area contributed by atoms with Gasteiger partial charge in [-0.1, -0.05) is 0 Å². The highest BCUT2D eigenvalue weighted by molar-refractivity contribution is 6.10. The van der Waals surface area contributed by atoms with Crippen LogP contribution in [0.15, 0.2) is 52.0 Å². The van der Waals surface area contributed by atoms with E-state index >= 15 is 0 Å². The smallest absolute Gasteiger partial charge is 0.237 e. The second-order valence-electron chi connectivity index (χ2n) is 4.73. The number of hydrogen-bond acceptors (Lipinski definition) is 7. The van der Waals surface area contributed by atoms with Crippen molar-refractivity contribution >= 4 is 22.5 Å². The van der Waals surface area contributed by atoms with Crippen molar-refractivity contribution in [2.75, 3.05) is 12.5 Å². The van der Waals surface area contributed by atoms with Crippen LogP contribution in [-0.4, -0.2) is 17.8 Å². The SMILES string of the molecule is COc1ccc(-c2nc3cc(NN=C(C#N)C#N)ccc3o2)cc1. The number of rotatable bonds is 4. The molecule has 0 fully saturated rings. The third-order valence-electron chi connectivity index (χ3n) is 3.23. The minimum absolute atomic E-state index is 0.255. The first kappa shape index (κ1) is 15.1. The van der Waals surface area contributed by atoms with E-state index in [1.807, 2.05) is 24.3 Å². The molecule has 1 heterocycles. The highest BCUT2D eigenvalue weighted by Crippen LogP contribution is 2.27. The molecule has 0 aliphatic heterocycles. The minimum Gasteiger partial charge on any atom is -0.497 e. The first-order valence-electron chi connectivity index (χ1n) is 6.92. The Balaban J connectivity index is 1.90. The first-order chi connectivity index (χ1) is 11.7. The Morgan fingerprint density at radius 3 is 2.58 bits per heavy atom. The molecule has 1 aromatic heterocycles. The minimum atomic E-state index is -0.255. The molecule has 0 unspecified atom stereocenters. The fraction of sp³-hybridized carbons (Fsp3) is 0.0588. The van der Waals surface area contributed by atoms with Gasteiger partial charge in [0, 0.05) is 5.56 Å². The molecule has 0 saturated heterocycles. The maximum atomic E-state index is 8.66. The lowest BCUT2D eigenvalue weighted by Gasteiger charge is -1.99. The molecule has 0 atom stereocenters. The van der Waals surface area contributed by atoms with Crippen LogP contribution in [0.3, 0.4) is 0 Å². The van der Waals surface area contributed by atoms with E-state index in [9.17, 15) is 0 Å². The molecule has 1 N–H and O–H groups in total. The van der Waals surface area contributed by atoms with Crippen molar-refractivity contribution in [1.29, 1.82) is 10.5 Å². The maximum absolute atomic E-state index is 8.66. The molecule has 0 bridgehead atoms. The molecular weight excluding hydrogens is 306 g/mol. The van der Waals surface area contributed by atoms with Crippen LogP contribution in [0.4, 0.5) is 5.69 Å². The van der Waals surface area contributed by atoms with E-state index in [-0.39, 0.29) is 5.71 Å². The zero-order valence-corrected chi connectivity index (χ0v) is 12.6. The monoisotopic (exact) mass is 317 g/mol. The molecule has 7 nitrogen and oxygen atoms in total. The molecule has 0 amide bonds. The number of hydrazone groups is 1. The molecule has 3 rings (SSSR count). The van der Waals surface area contributed by atoms with Crippen LogP contribution in [0.5, 0.6) is 5.75 Å². The van der Waals surface area contributed by atoms with Gasteiger partial charge in [-0.2, -0.15) is 15.6 Å². The van der Waals surface area contributed by atoms with Crippen LogP contribution in [0.2, 0.25) is 0 Å². The second-order valence-corrected chi connectivity index (χ2v) is 4.73. The van der Waals surface area contributed by atoms with Gasteiger partial charge in [-0.3, -0.25) is 5.43 Å². The number of nitriles is 2. The van der Waals surface area contributed by atoms with Crippen LogP contribution < -0.4 is 10.2 Å². The van der Waals surface area contributed by atoms with Gasteiger partial charge in [0.1, 0.15) is 23.4 Å². The fourth-order valence-corrected chi connectivity index (χ4v) is 2.05. The van der Waals surface area contributed by atoms with Crippen LogP contribution in [-0.2, 0) is 0 Å². The van der Waals surface area contributed by atoms with Crippen LogP contribution in [0.25, 0.3) is 22.6 Å². The van der Waals surface area contributed by atoms with Gasteiger partial charge in [0.25, 0.3) is 0 Å². The van der Waals surface area contributed by atoms with Gasteiger partial charge in [0.05, 0.1) is 12.8 Å². The number of ether oxygens (including phenoxy) is 1. The van der Waals surface area contributed by atoms with Gasteiger partial charge in [-0.15, -0.1) is 0 Å². The summed E-state index contributed by atoms with van der Waals surface area (Å²) in [6.45, 7) is 0. The maximum Gasteiger partial charge on any atom is 0.237 e. The van der Waals surface area contributed by atoms with Crippen LogP contribution >= 0.6 is 0 Å². The molecule has 0 saturated carbocycles. The molecule has 7 heteroatoms. The van der Waals surface area contributed by atoms with Crippen LogP contribution in [0.1, 0.15) is 0 Å². The van der Waals surface area contributed by atoms with Gasteiger partial charge in [-0.05, 0) is 42.5 Å². The van der Waals surface area contributed by atoms with E-state index in [0.29, 0.717) is 22.7 Å². The fourth-order valence-electron chi connectivity index (χ4n) is 2.05. The Bertz CT molecular complexity index is 974. The number of nitrogens with zero attached hydrogens (tertiary/aromatic N) is 4. The summed E-state index contributed by atoms with van der Waals surface area (Å²) < 4.78 is 10.9. The Kier molecular flexibility index (Phi) is 4.09. The van der Waals surface area contributed by atoms with E-state index in [1.165, 1.54) is 0 Å².